The van der Waals surface area contributed by atoms with Crippen molar-refractivity contribution in [2.75, 3.05) is 6.61 Å². The van der Waals surface area contributed by atoms with E-state index in [0.29, 0.717) is 35.2 Å². The fourth-order valence-corrected chi connectivity index (χ4v) is 2.20. The fourth-order valence-electron chi connectivity index (χ4n) is 1.73. The van der Waals surface area contributed by atoms with Gasteiger partial charge in [0.05, 0.1) is 11.6 Å². The number of amides is 2. The highest BCUT2D eigenvalue weighted by Gasteiger charge is 2.16. The van der Waals surface area contributed by atoms with E-state index < -0.39 is 0 Å². The van der Waals surface area contributed by atoms with Crippen LogP contribution in [0.3, 0.4) is 0 Å². The number of benzene rings is 1. The van der Waals surface area contributed by atoms with Gasteiger partial charge in [-0.25, -0.2) is 0 Å². The first-order chi connectivity index (χ1) is 10.7. The molecule has 0 bridgehead atoms. The van der Waals surface area contributed by atoms with Crippen molar-refractivity contribution in [1.82, 2.24) is 10.9 Å². The Balaban J connectivity index is 2.20. The SMILES string of the molecule is CC(C)(C)CC(=O)NNC(=O)CCCOc1ccc(Cl)cc1Cl. The van der Waals surface area contributed by atoms with Gasteiger partial charge in [0.25, 0.3) is 0 Å². The average Bonchev–Trinajstić information content (AvgIpc) is 2.41. The van der Waals surface area contributed by atoms with Crippen LogP contribution in [0.2, 0.25) is 10.0 Å². The lowest BCUT2D eigenvalue weighted by atomic mass is 9.92. The van der Waals surface area contributed by atoms with E-state index in [1.807, 2.05) is 20.8 Å². The standard InChI is InChI=1S/C16H22Cl2N2O3/c1-16(2,3)10-15(22)20-19-14(21)5-4-8-23-13-7-6-11(17)9-12(13)18/h6-7,9H,4-5,8,10H2,1-3H3,(H,19,21)(H,20,22). The second-order valence-electron chi connectivity index (χ2n) is 6.36. The molecular formula is C16H22Cl2N2O3. The summed E-state index contributed by atoms with van der Waals surface area (Å²) in [5, 5.41) is 0.962. The predicted octanol–water partition coefficient (Wildman–Crippen LogP) is 3.74. The monoisotopic (exact) mass is 360 g/mol. The van der Waals surface area contributed by atoms with Gasteiger partial charge in [-0.3, -0.25) is 20.4 Å². The summed E-state index contributed by atoms with van der Waals surface area (Å²) in [4.78, 5) is 23.2. The summed E-state index contributed by atoms with van der Waals surface area (Å²) in [7, 11) is 0. The second kappa shape index (κ2) is 8.99. The maximum absolute atomic E-state index is 11.6. The van der Waals surface area contributed by atoms with Crippen LogP contribution in [0.15, 0.2) is 18.2 Å². The third-order valence-corrected chi connectivity index (χ3v) is 3.26. The molecular weight excluding hydrogens is 339 g/mol. The Labute approximate surface area is 146 Å². The fraction of sp³-hybridized carbons (Fsp3) is 0.500. The van der Waals surface area contributed by atoms with Gasteiger partial charge in [-0.05, 0) is 30.0 Å². The Kier molecular flexibility index (Phi) is 7.65. The quantitative estimate of drug-likeness (QED) is 0.599. The van der Waals surface area contributed by atoms with Gasteiger partial charge in [0.2, 0.25) is 11.8 Å². The molecule has 0 atom stereocenters. The molecule has 1 aromatic rings. The van der Waals surface area contributed by atoms with Crippen molar-refractivity contribution < 1.29 is 14.3 Å². The van der Waals surface area contributed by atoms with E-state index in [4.69, 9.17) is 27.9 Å². The molecule has 0 saturated heterocycles. The summed E-state index contributed by atoms with van der Waals surface area (Å²) in [5.41, 5.74) is 4.66. The van der Waals surface area contributed by atoms with E-state index in [2.05, 4.69) is 10.9 Å². The largest absolute Gasteiger partial charge is 0.492 e. The van der Waals surface area contributed by atoms with Crippen LogP contribution < -0.4 is 15.6 Å². The topological polar surface area (TPSA) is 67.4 Å². The molecule has 1 rings (SSSR count). The number of carbonyl (C=O) groups excluding carboxylic acids is 2. The van der Waals surface area contributed by atoms with Crippen LogP contribution >= 0.6 is 23.2 Å². The minimum absolute atomic E-state index is 0.125. The Morgan fingerprint density at radius 1 is 1.13 bits per heavy atom. The van der Waals surface area contributed by atoms with Gasteiger partial charge in [0, 0.05) is 17.9 Å². The summed E-state index contributed by atoms with van der Waals surface area (Å²) >= 11 is 11.8. The first kappa shape index (κ1) is 19.6. The zero-order valence-corrected chi connectivity index (χ0v) is 15.1. The summed E-state index contributed by atoms with van der Waals surface area (Å²) in [6.07, 6.45) is 1.08. The average molecular weight is 361 g/mol. The molecule has 0 radical (unpaired) electrons. The zero-order chi connectivity index (χ0) is 17.5. The molecule has 0 aliphatic heterocycles. The Morgan fingerprint density at radius 2 is 1.78 bits per heavy atom. The molecule has 0 aliphatic rings. The summed E-state index contributed by atoms with van der Waals surface area (Å²) in [6.45, 7) is 6.19. The van der Waals surface area contributed by atoms with Crippen molar-refractivity contribution >= 4 is 35.0 Å². The zero-order valence-electron chi connectivity index (χ0n) is 13.5. The van der Waals surface area contributed by atoms with Crippen LogP contribution in [0.25, 0.3) is 0 Å². The van der Waals surface area contributed by atoms with Crippen molar-refractivity contribution in [3.8, 4) is 5.75 Å². The normalized spacial score (nSPS) is 11.0. The van der Waals surface area contributed by atoms with Crippen molar-refractivity contribution in [3.63, 3.8) is 0 Å². The van der Waals surface area contributed by atoms with Gasteiger partial charge >= 0.3 is 0 Å². The highest BCUT2D eigenvalue weighted by molar-refractivity contribution is 6.35. The number of hydrogen-bond acceptors (Lipinski definition) is 3. The number of rotatable bonds is 6. The summed E-state index contributed by atoms with van der Waals surface area (Å²) in [6, 6.07) is 4.95. The molecule has 5 nitrogen and oxygen atoms in total. The Bertz CT molecular complexity index is 557. The third kappa shape index (κ3) is 8.67. The number of halogens is 2. The molecule has 23 heavy (non-hydrogen) atoms. The van der Waals surface area contributed by atoms with E-state index >= 15 is 0 Å². The first-order valence-corrected chi connectivity index (χ1v) is 8.08. The Morgan fingerprint density at radius 3 is 2.39 bits per heavy atom. The van der Waals surface area contributed by atoms with Crippen molar-refractivity contribution in [3.05, 3.63) is 28.2 Å². The van der Waals surface area contributed by atoms with Crippen LogP contribution in [0.5, 0.6) is 5.75 Å². The molecule has 128 valence electrons. The van der Waals surface area contributed by atoms with E-state index in [0.717, 1.165) is 0 Å². The van der Waals surface area contributed by atoms with E-state index in [-0.39, 0.29) is 23.7 Å². The molecule has 0 saturated carbocycles. The van der Waals surface area contributed by atoms with Crippen LogP contribution in [0.4, 0.5) is 0 Å². The molecule has 2 amide bonds. The molecule has 0 aliphatic carbocycles. The summed E-state index contributed by atoms with van der Waals surface area (Å²) in [5.74, 6) is 0.0445. The Hall–Kier alpha value is -1.46. The van der Waals surface area contributed by atoms with E-state index in [9.17, 15) is 9.59 Å². The smallest absolute Gasteiger partial charge is 0.238 e. The van der Waals surface area contributed by atoms with Crippen LogP contribution in [0.1, 0.15) is 40.0 Å². The van der Waals surface area contributed by atoms with E-state index in [1.165, 1.54) is 0 Å². The van der Waals surface area contributed by atoms with Gasteiger partial charge in [-0.15, -0.1) is 0 Å². The third-order valence-electron chi connectivity index (χ3n) is 2.73. The molecule has 0 fully saturated rings. The van der Waals surface area contributed by atoms with Crippen molar-refractivity contribution in [2.24, 2.45) is 5.41 Å². The molecule has 7 heteroatoms. The number of hydrogen-bond donors (Lipinski definition) is 2. The maximum Gasteiger partial charge on any atom is 0.238 e. The maximum atomic E-state index is 11.6. The van der Waals surface area contributed by atoms with Crippen LogP contribution in [-0.4, -0.2) is 18.4 Å². The van der Waals surface area contributed by atoms with Crippen LogP contribution in [-0.2, 0) is 9.59 Å². The second-order valence-corrected chi connectivity index (χ2v) is 7.20. The van der Waals surface area contributed by atoms with Gasteiger partial charge in [0.15, 0.2) is 0 Å². The lowest BCUT2D eigenvalue weighted by molar-refractivity contribution is -0.130. The number of ether oxygens (including phenoxy) is 1. The highest BCUT2D eigenvalue weighted by Crippen LogP contribution is 2.27. The molecule has 0 unspecified atom stereocenters. The highest BCUT2D eigenvalue weighted by atomic mass is 35.5. The van der Waals surface area contributed by atoms with E-state index in [1.54, 1.807) is 18.2 Å². The van der Waals surface area contributed by atoms with Gasteiger partial charge in [0.1, 0.15) is 5.75 Å². The molecule has 2 N–H and O–H groups in total. The van der Waals surface area contributed by atoms with Gasteiger partial charge in [-0.1, -0.05) is 44.0 Å². The summed E-state index contributed by atoms with van der Waals surface area (Å²) < 4.78 is 5.48. The van der Waals surface area contributed by atoms with Crippen molar-refractivity contribution in [2.45, 2.75) is 40.0 Å². The van der Waals surface area contributed by atoms with Gasteiger partial charge < -0.3 is 4.74 Å². The van der Waals surface area contributed by atoms with Crippen LogP contribution in [0, 0.1) is 5.41 Å². The van der Waals surface area contributed by atoms with Crippen molar-refractivity contribution in [1.29, 1.82) is 0 Å². The lowest BCUT2D eigenvalue weighted by Crippen LogP contribution is -2.42. The number of hydrazine groups is 1. The van der Waals surface area contributed by atoms with Gasteiger partial charge in [-0.2, -0.15) is 0 Å². The molecule has 0 aromatic heterocycles. The predicted molar refractivity (Wildman–Crippen MR) is 91.5 cm³/mol. The minimum atomic E-state index is -0.266. The molecule has 1 aromatic carbocycles. The number of carbonyl (C=O) groups is 2. The molecule has 0 spiro atoms. The number of nitrogens with one attached hydrogen (secondary N) is 2. The molecule has 0 heterocycles. The lowest BCUT2D eigenvalue weighted by Gasteiger charge is -2.17. The first-order valence-electron chi connectivity index (χ1n) is 7.33. The minimum Gasteiger partial charge on any atom is -0.492 e.